The van der Waals surface area contributed by atoms with Crippen molar-refractivity contribution in [2.24, 2.45) is 0 Å². The first-order valence-corrected chi connectivity index (χ1v) is 8.42. The summed E-state index contributed by atoms with van der Waals surface area (Å²) in [5.41, 5.74) is 1.87. The number of nitrogens with zero attached hydrogens (tertiary/aromatic N) is 1. The number of anilines is 1. The number of carbonyl (C=O) groups is 2. The van der Waals surface area contributed by atoms with Crippen LogP contribution in [0.15, 0.2) is 60.7 Å². The van der Waals surface area contributed by atoms with Gasteiger partial charge in [0, 0.05) is 12.2 Å². The Labute approximate surface area is 142 Å². The van der Waals surface area contributed by atoms with Crippen LogP contribution in [-0.2, 0) is 9.59 Å². The summed E-state index contributed by atoms with van der Waals surface area (Å²) in [4.78, 5) is 27.0. The van der Waals surface area contributed by atoms with Crippen LogP contribution >= 0.6 is 0 Å². The second-order valence-electron chi connectivity index (χ2n) is 6.05. The summed E-state index contributed by atoms with van der Waals surface area (Å²) in [7, 11) is 0. The van der Waals surface area contributed by atoms with Gasteiger partial charge in [-0.05, 0) is 30.5 Å². The number of hydrogen-bond acceptors (Lipinski definition) is 2. The van der Waals surface area contributed by atoms with Crippen LogP contribution in [0.5, 0.6) is 0 Å². The standard InChI is InChI=1S/C20H22N2O2/c1-2-17(15-9-5-3-6-10-15)19(23)21-18-13-14-22(20(18)24)16-11-7-4-8-12-16/h3-12,17-18H,2,13-14H2,1H3,(H,21,23)/t17-,18+/m1/s1. The van der Waals surface area contributed by atoms with Gasteiger partial charge in [0.2, 0.25) is 11.8 Å². The number of nitrogens with one attached hydrogen (secondary N) is 1. The number of carbonyl (C=O) groups excluding carboxylic acids is 2. The van der Waals surface area contributed by atoms with Gasteiger partial charge >= 0.3 is 0 Å². The normalized spacial score (nSPS) is 18.5. The number of amides is 2. The molecule has 1 saturated heterocycles. The number of para-hydroxylation sites is 1. The molecule has 124 valence electrons. The Morgan fingerprint density at radius 1 is 1.12 bits per heavy atom. The van der Waals surface area contributed by atoms with Gasteiger partial charge in [-0.1, -0.05) is 55.5 Å². The van der Waals surface area contributed by atoms with Gasteiger partial charge < -0.3 is 10.2 Å². The third-order valence-corrected chi connectivity index (χ3v) is 4.52. The second kappa shape index (κ2) is 7.30. The summed E-state index contributed by atoms with van der Waals surface area (Å²) in [5, 5.41) is 2.95. The molecule has 1 aliphatic heterocycles. The lowest BCUT2D eigenvalue weighted by Crippen LogP contribution is -2.43. The largest absolute Gasteiger partial charge is 0.344 e. The third kappa shape index (κ3) is 3.32. The lowest BCUT2D eigenvalue weighted by atomic mass is 9.95. The molecule has 1 fully saturated rings. The topological polar surface area (TPSA) is 49.4 Å². The Morgan fingerprint density at radius 3 is 2.38 bits per heavy atom. The van der Waals surface area contributed by atoms with Gasteiger partial charge in [-0.15, -0.1) is 0 Å². The summed E-state index contributed by atoms with van der Waals surface area (Å²) in [5.74, 6) is -0.320. The van der Waals surface area contributed by atoms with Crippen LogP contribution in [0.2, 0.25) is 0 Å². The van der Waals surface area contributed by atoms with E-state index in [4.69, 9.17) is 0 Å². The summed E-state index contributed by atoms with van der Waals surface area (Å²) >= 11 is 0. The van der Waals surface area contributed by atoms with E-state index in [0.29, 0.717) is 19.4 Å². The van der Waals surface area contributed by atoms with Crippen molar-refractivity contribution in [3.63, 3.8) is 0 Å². The SMILES string of the molecule is CC[C@@H](C(=O)N[C@H]1CCN(c2ccccc2)C1=O)c1ccccc1. The third-order valence-electron chi connectivity index (χ3n) is 4.52. The van der Waals surface area contributed by atoms with Crippen molar-refractivity contribution in [3.8, 4) is 0 Å². The van der Waals surface area contributed by atoms with E-state index in [1.54, 1.807) is 4.90 Å². The maximum atomic E-state index is 12.6. The van der Waals surface area contributed by atoms with Crippen LogP contribution < -0.4 is 10.2 Å². The highest BCUT2D eigenvalue weighted by atomic mass is 16.2. The van der Waals surface area contributed by atoms with Crippen molar-refractivity contribution in [1.82, 2.24) is 5.32 Å². The first-order valence-electron chi connectivity index (χ1n) is 8.42. The van der Waals surface area contributed by atoms with Crippen molar-refractivity contribution in [3.05, 3.63) is 66.2 Å². The molecule has 4 heteroatoms. The van der Waals surface area contributed by atoms with E-state index in [0.717, 1.165) is 11.3 Å². The summed E-state index contributed by atoms with van der Waals surface area (Å²) in [6, 6.07) is 18.9. The molecule has 4 nitrogen and oxygen atoms in total. The zero-order valence-corrected chi connectivity index (χ0v) is 13.8. The van der Waals surface area contributed by atoms with Crippen molar-refractivity contribution >= 4 is 17.5 Å². The van der Waals surface area contributed by atoms with Crippen LogP contribution in [0.4, 0.5) is 5.69 Å². The van der Waals surface area contributed by atoms with Crippen molar-refractivity contribution in [2.75, 3.05) is 11.4 Å². The fourth-order valence-electron chi connectivity index (χ4n) is 3.21. The van der Waals surface area contributed by atoms with Gasteiger partial charge in [-0.25, -0.2) is 0 Å². The summed E-state index contributed by atoms with van der Waals surface area (Å²) < 4.78 is 0. The highest BCUT2D eigenvalue weighted by Gasteiger charge is 2.34. The molecule has 0 spiro atoms. The highest BCUT2D eigenvalue weighted by molar-refractivity contribution is 6.01. The highest BCUT2D eigenvalue weighted by Crippen LogP contribution is 2.23. The monoisotopic (exact) mass is 322 g/mol. The first kappa shape index (κ1) is 16.2. The molecule has 0 aromatic heterocycles. The molecule has 1 aliphatic rings. The van der Waals surface area contributed by atoms with Gasteiger partial charge in [0.05, 0.1) is 5.92 Å². The quantitative estimate of drug-likeness (QED) is 0.919. The maximum absolute atomic E-state index is 12.6. The number of rotatable bonds is 5. The van der Waals surface area contributed by atoms with Crippen LogP contribution in [-0.4, -0.2) is 24.4 Å². The second-order valence-corrected chi connectivity index (χ2v) is 6.05. The molecule has 0 saturated carbocycles. The number of benzene rings is 2. The molecule has 2 amide bonds. The van der Waals surface area contributed by atoms with E-state index in [2.05, 4.69) is 5.32 Å². The predicted octanol–water partition coefficient (Wildman–Crippen LogP) is 3.10. The van der Waals surface area contributed by atoms with E-state index in [1.165, 1.54) is 0 Å². The van der Waals surface area contributed by atoms with Gasteiger partial charge in [0.1, 0.15) is 6.04 Å². The van der Waals surface area contributed by atoms with E-state index in [-0.39, 0.29) is 17.7 Å². The first-order chi connectivity index (χ1) is 11.7. The molecule has 1 N–H and O–H groups in total. The fourth-order valence-corrected chi connectivity index (χ4v) is 3.21. The summed E-state index contributed by atoms with van der Waals surface area (Å²) in [6.07, 6.45) is 1.35. The molecule has 0 bridgehead atoms. The molecule has 0 aliphatic carbocycles. The van der Waals surface area contributed by atoms with Gasteiger partial charge in [0.15, 0.2) is 0 Å². The molecule has 2 aromatic carbocycles. The van der Waals surface area contributed by atoms with E-state index in [1.807, 2.05) is 67.6 Å². The number of hydrogen-bond donors (Lipinski definition) is 1. The van der Waals surface area contributed by atoms with Crippen LogP contribution in [0.25, 0.3) is 0 Å². The Hall–Kier alpha value is -2.62. The fraction of sp³-hybridized carbons (Fsp3) is 0.300. The minimum absolute atomic E-state index is 0.0301. The predicted molar refractivity (Wildman–Crippen MR) is 94.8 cm³/mol. The molecule has 0 radical (unpaired) electrons. The lowest BCUT2D eigenvalue weighted by Gasteiger charge is -2.20. The summed E-state index contributed by atoms with van der Waals surface area (Å²) in [6.45, 7) is 2.62. The van der Waals surface area contributed by atoms with E-state index >= 15 is 0 Å². The zero-order chi connectivity index (χ0) is 16.9. The van der Waals surface area contributed by atoms with Crippen molar-refractivity contribution in [2.45, 2.75) is 31.7 Å². The lowest BCUT2D eigenvalue weighted by molar-refractivity contribution is -0.127. The van der Waals surface area contributed by atoms with Gasteiger partial charge in [0.25, 0.3) is 0 Å². The zero-order valence-electron chi connectivity index (χ0n) is 13.8. The molecular formula is C20H22N2O2. The molecular weight excluding hydrogens is 300 g/mol. The van der Waals surface area contributed by atoms with Crippen molar-refractivity contribution in [1.29, 1.82) is 0 Å². The average molecular weight is 322 g/mol. The molecule has 3 rings (SSSR count). The maximum Gasteiger partial charge on any atom is 0.249 e. The Bertz CT molecular complexity index is 700. The Balaban J connectivity index is 1.68. The molecule has 1 heterocycles. The van der Waals surface area contributed by atoms with Gasteiger partial charge in [-0.2, -0.15) is 0 Å². The Kier molecular flexibility index (Phi) is 4.94. The molecule has 2 atom stereocenters. The van der Waals surface area contributed by atoms with Crippen LogP contribution in [0, 0.1) is 0 Å². The van der Waals surface area contributed by atoms with Crippen molar-refractivity contribution < 1.29 is 9.59 Å². The van der Waals surface area contributed by atoms with E-state index in [9.17, 15) is 9.59 Å². The average Bonchev–Trinajstić information content (AvgIpc) is 2.98. The van der Waals surface area contributed by atoms with E-state index < -0.39 is 6.04 Å². The van der Waals surface area contributed by atoms with Crippen LogP contribution in [0.3, 0.4) is 0 Å². The minimum Gasteiger partial charge on any atom is -0.344 e. The van der Waals surface area contributed by atoms with Gasteiger partial charge in [-0.3, -0.25) is 9.59 Å². The molecule has 24 heavy (non-hydrogen) atoms. The smallest absolute Gasteiger partial charge is 0.249 e. The molecule has 0 unspecified atom stereocenters. The van der Waals surface area contributed by atoms with Crippen LogP contribution in [0.1, 0.15) is 31.2 Å². The minimum atomic E-state index is -0.435. The Morgan fingerprint density at radius 2 is 1.75 bits per heavy atom. The molecule has 2 aromatic rings.